The molecule has 0 aliphatic carbocycles. The van der Waals surface area contributed by atoms with Crippen LogP contribution >= 0.6 is 0 Å². The Labute approximate surface area is 103 Å². The van der Waals surface area contributed by atoms with Crippen molar-refractivity contribution in [3.63, 3.8) is 0 Å². The molecule has 1 aliphatic rings. The van der Waals surface area contributed by atoms with Crippen molar-refractivity contribution in [1.29, 1.82) is 0 Å². The van der Waals surface area contributed by atoms with E-state index in [9.17, 15) is 9.59 Å². The molecule has 0 aromatic rings. The summed E-state index contributed by atoms with van der Waals surface area (Å²) in [4.78, 5) is 22.9. The summed E-state index contributed by atoms with van der Waals surface area (Å²) < 4.78 is 0. The maximum absolute atomic E-state index is 11.8. The van der Waals surface area contributed by atoms with Gasteiger partial charge in [-0.05, 0) is 39.2 Å². The second-order valence-electron chi connectivity index (χ2n) is 5.42. The first kappa shape index (κ1) is 14.0. The van der Waals surface area contributed by atoms with E-state index in [0.29, 0.717) is 12.3 Å². The van der Waals surface area contributed by atoms with Crippen molar-refractivity contribution >= 4 is 11.8 Å². The van der Waals surface area contributed by atoms with E-state index in [-0.39, 0.29) is 11.9 Å². The zero-order valence-electron chi connectivity index (χ0n) is 10.9. The van der Waals surface area contributed by atoms with Crippen LogP contribution in [0.25, 0.3) is 0 Å². The number of carbonyl (C=O) groups is 2. The number of rotatable bonds is 4. The van der Waals surface area contributed by atoms with Gasteiger partial charge in [-0.1, -0.05) is 6.92 Å². The number of hydrogen-bond acceptors (Lipinski definition) is 3. The first-order valence-electron chi connectivity index (χ1n) is 6.17. The Hall–Kier alpha value is -1.10. The van der Waals surface area contributed by atoms with Crippen LogP contribution in [0.3, 0.4) is 0 Å². The van der Waals surface area contributed by atoms with Crippen molar-refractivity contribution in [2.24, 2.45) is 11.7 Å². The van der Waals surface area contributed by atoms with Crippen LogP contribution in [-0.2, 0) is 9.59 Å². The number of primary amides is 1. The van der Waals surface area contributed by atoms with Crippen molar-refractivity contribution in [3.8, 4) is 0 Å². The van der Waals surface area contributed by atoms with Crippen LogP contribution in [0.5, 0.6) is 0 Å². The number of amides is 2. The lowest BCUT2D eigenvalue weighted by Gasteiger charge is -2.31. The Morgan fingerprint density at radius 1 is 1.47 bits per heavy atom. The zero-order chi connectivity index (χ0) is 13.1. The highest BCUT2D eigenvalue weighted by Crippen LogP contribution is 2.18. The zero-order valence-corrected chi connectivity index (χ0v) is 10.9. The van der Waals surface area contributed by atoms with Gasteiger partial charge in [0.1, 0.15) is 5.54 Å². The van der Waals surface area contributed by atoms with Gasteiger partial charge in [0.15, 0.2) is 0 Å². The maximum atomic E-state index is 11.8. The van der Waals surface area contributed by atoms with E-state index in [0.717, 1.165) is 19.4 Å². The summed E-state index contributed by atoms with van der Waals surface area (Å²) in [7, 11) is 0. The van der Waals surface area contributed by atoms with E-state index in [1.807, 2.05) is 0 Å². The van der Waals surface area contributed by atoms with Crippen molar-refractivity contribution in [2.45, 2.75) is 51.6 Å². The molecule has 5 nitrogen and oxygen atoms in total. The minimum atomic E-state index is -0.977. The lowest BCUT2D eigenvalue weighted by Crippen LogP contribution is -2.54. The molecular weight excluding hydrogens is 218 g/mol. The fourth-order valence-electron chi connectivity index (χ4n) is 2.05. The smallest absolute Gasteiger partial charge is 0.242 e. The summed E-state index contributed by atoms with van der Waals surface area (Å²) >= 11 is 0. The largest absolute Gasteiger partial charge is 0.368 e. The molecule has 2 amide bonds. The molecule has 0 radical (unpaired) electrons. The minimum Gasteiger partial charge on any atom is -0.368 e. The SMILES string of the molecule is CC1CCCNC1CC(=O)NC(C)(C)C(N)=O. The average molecular weight is 241 g/mol. The van der Waals surface area contributed by atoms with E-state index in [1.54, 1.807) is 13.8 Å². The van der Waals surface area contributed by atoms with Crippen molar-refractivity contribution in [3.05, 3.63) is 0 Å². The molecule has 5 heteroatoms. The number of carbonyl (C=O) groups excluding carboxylic acids is 2. The molecule has 0 bridgehead atoms. The summed E-state index contributed by atoms with van der Waals surface area (Å²) in [6.45, 7) is 6.33. The molecule has 2 unspecified atom stereocenters. The van der Waals surface area contributed by atoms with E-state index in [1.165, 1.54) is 0 Å². The quantitative estimate of drug-likeness (QED) is 0.655. The van der Waals surface area contributed by atoms with Gasteiger partial charge in [0.25, 0.3) is 0 Å². The summed E-state index contributed by atoms with van der Waals surface area (Å²) in [5, 5.41) is 6.01. The second-order valence-corrected chi connectivity index (χ2v) is 5.42. The molecular formula is C12H23N3O2. The van der Waals surface area contributed by atoms with Crippen molar-refractivity contribution in [1.82, 2.24) is 10.6 Å². The number of hydrogen-bond donors (Lipinski definition) is 3. The number of nitrogens with one attached hydrogen (secondary N) is 2. The van der Waals surface area contributed by atoms with Gasteiger partial charge < -0.3 is 16.4 Å². The van der Waals surface area contributed by atoms with E-state index in [2.05, 4.69) is 17.6 Å². The van der Waals surface area contributed by atoms with Crippen LogP contribution in [0, 0.1) is 5.92 Å². The maximum Gasteiger partial charge on any atom is 0.242 e. The van der Waals surface area contributed by atoms with Crippen LogP contribution in [0.4, 0.5) is 0 Å². The molecule has 0 aromatic heterocycles. The fourth-order valence-corrected chi connectivity index (χ4v) is 2.05. The molecule has 0 aromatic carbocycles. The number of piperidine rings is 1. The van der Waals surface area contributed by atoms with Gasteiger partial charge in [-0.25, -0.2) is 0 Å². The summed E-state index contributed by atoms with van der Waals surface area (Å²) in [5.74, 6) is -0.151. The molecule has 1 fully saturated rings. The van der Waals surface area contributed by atoms with Gasteiger partial charge in [0.2, 0.25) is 11.8 Å². The molecule has 17 heavy (non-hydrogen) atoms. The van der Waals surface area contributed by atoms with Gasteiger partial charge in [-0.3, -0.25) is 9.59 Å². The van der Waals surface area contributed by atoms with Gasteiger partial charge >= 0.3 is 0 Å². The first-order chi connectivity index (χ1) is 7.83. The number of nitrogens with two attached hydrogens (primary N) is 1. The van der Waals surface area contributed by atoms with Gasteiger partial charge in [-0.2, -0.15) is 0 Å². The molecule has 1 heterocycles. The Balaban J connectivity index is 2.46. The Morgan fingerprint density at radius 2 is 2.12 bits per heavy atom. The predicted molar refractivity (Wildman–Crippen MR) is 66.2 cm³/mol. The average Bonchev–Trinajstić information content (AvgIpc) is 2.20. The minimum absolute atomic E-state index is 0.125. The Kier molecular flexibility index (Phi) is 4.51. The first-order valence-corrected chi connectivity index (χ1v) is 6.17. The lowest BCUT2D eigenvalue weighted by atomic mass is 9.90. The summed E-state index contributed by atoms with van der Waals surface area (Å²) in [5.41, 5.74) is 4.23. The van der Waals surface area contributed by atoms with E-state index >= 15 is 0 Å². The van der Waals surface area contributed by atoms with Crippen LogP contribution in [0.1, 0.15) is 40.0 Å². The molecule has 0 spiro atoms. The molecule has 2 atom stereocenters. The predicted octanol–water partition coefficient (Wildman–Crippen LogP) is 0.145. The van der Waals surface area contributed by atoms with Crippen LogP contribution in [0.2, 0.25) is 0 Å². The normalized spacial score (nSPS) is 25.4. The second kappa shape index (κ2) is 5.49. The monoisotopic (exact) mass is 241 g/mol. The van der Waals surface area contributed by atoms with Crippen LogP contribution in [-0.4, -0.2) is 29.9 Å². The van der Waals surface area contributed by atoms with Crippen LogP contribution < -0.4 is 16.4 Å². The lowest BCUT2D eigenvalue weighted by molar-refractivity contribution is -0.130. The molecule has 4 N–H and O–H groups in total. The standard InChI is InChI=1S/C12H23N3O2/c1-8-5-4-6-14-9(8)7-10(16)15-12(2,3)11(13)17/h8-9,14H,4-7H2,1-3H3,(H2,13,17)(H,15,16). The third-order valence-electron chi connectivity index (χ3n) is 3.40. The Morgan fingerprint density at radius 3 is 2.65 bits per heavy atom. The molecule has 0 saturated carbocycles. The summed E-state index contributed by atoms with van der Waals surface area (Å²) in [6, 6.07) is 0.201. The summed E-state index contributed by atoms with van der Waals surface area (Å²) in [6.07, 6.45) is 2.70. The molecule has 1 aliphatic heterocycles. The third kappa shape index (κ3) is 4.00. The highest BCUT2D eigenvalue weighted by Gasteiger charge is 2.29. The fraction of sp³-hybridized carbons (Fsp3) is 0.833. The highest BCUT2D eigenvalue weighted by molar-refractivity contribution is 5.89. The van der Waals surface area contributed by atoms with Crippen molar-refractivity contribution < 1.29 is 9.59 Å². The van der Waals surface area contributed by atoms with E-state index in [4.69, 9.17) is 5.73 Å². The molecule has 1 rings (SSSR count). The molecule has 98 valence electrons. The van der Waals surface area contributed by atoms with Gasteiger partial charge in [-0.15, -0.1) is 0 Å². The van der Waals surface area contributed by atoms with Crippen LogP contribution in [0.15, 0.2) is 0 Å². The molecule has 1 saturated heterocycles. The Bertz CT molecular complexity index is 302. The van der Waals surface area contributed by atoms with Gasteiger partial charge in [0, 0.05) is 12.5 Å². The van der Waals surface area contributed by atoms with Crippen molar-refractivity contribution in [2.75, 3.05) is 6.54 Å². The topological polar surface area (TPSA) is 84.2 Å². The third-order valence-corrected chi connectivity index (χ3v) is 3.40. The highest BCUT2D eigenvalue weighted by atomic mass is 16.2. The van der Waals surface area contributed by atoms with E-state index < -0.39 is 11.4 Å². The van der Waals surface area contributed by atoms with Gasteiger partial charge in [0.05, 0.1) is 0 Å².